The summed E-state index contributed by atoms with van der Waals surface area (Å²) in [6, 6.07) is 9.49. The number of aromatic nitrogens is 1. The van der Waals surface area contributed by atoms with Crippen molar-refractivity contribution < 1.29 is 9.18 Å². The first kappa shape index (κ1) is 15.0. The SMILES string of the molecule is CC(c1ccc(F)cc1)N(C)C(=O)Cc1ccc(N)cn1. The van der Waals surface area contributed by atoms with Gasteiger partial charge in [0.2, 0.25) is 5.91 Å². The molecule has 0 aliphatic heterocycles. The van der Waals surface area contributed by atoms with Crippen LogP contribution in [0.2, 0.25) is 0 Å². The first-order chi connectivity index (χ1) is 9.97. The van der Waals surface area contributed by atoms with Crippen molar-refractivity contribution in [2.24, 2.45) is 0 Å². The van der Waals surface area contributed by atoms with Crippen molar-refractivity contribution in [1.82, 2.24) is 9.88 Å². The van der Waals surface area contributed by atoms with E-state index in [9.17, 15) is 9.18 Å². The Bertz CT molecular complexity index is 610. The number of nitrogens with two attached hydrogens (primary N) is 1. The van der Waals surface area contributed by atoms with Crippen LogP contribution in [0.15, 0.2) is 42.6 Å². The molecular weight excluding hydrogens is 269 g/mol. The highest BCUT2D eigenvalue weighted by molar-refractivity contribution is 5.78. The molecule has 0 saturated heterocycles. The number of rotatable bonds is 4. The third-order valence-corrected chi connectivity index (χ3v) is 3.51. The van der Waals surface area contributed by atoms with E-state index in [0.717, 1.165) is 5.56 Å². The fraction of sp³-hybridized carbons (Fsp3) is 0.250. The lowest BCUT2D eigenvalue weighted by Crippen LogP contribution is -2.31. The van der Waals surface area contributed by atoms with Crippen molar-refractivity contribution in [3.05, 3.63) is 59.7 Å². The fourth-order valence-corrected chi connectivity index (χ4v) is 2.00. The van der Waals surface area contributed by atoms with Crippen LogP contribution in [-0.4, -0.2) is 22.8 Å². The molecule has 1 heterocycles. The summed E-state index contributed by atoms with van der Waals surface area (Å²) >= 11 is 0. The lowest BCUT2D eigenvalue weighted by atomic mass is 10.1. The summed E-state index contributed by atoms with van der Waals surface area (Å²) in [6.07, 6.45) is 1.74. The summed E-state index contributed by atoms with van der Waals surface area (Å²) in [5.74, 6) is -0.338. The van der Waals surface area contributed by atoms with Gasteiger partial charge in [-0.2, -0.15) is 0 Å². The fourth-order valence-electron chi connectivity index (χ4n) is 2.00. The molecule has 1 atom stereocenters. The van der Waals surface area contributed by atoms with Gasteiger partial charge in [0.1, 0.15) is 5.82 Å². The molecule has 1 aromatic carbocycles. The zero-order valence-corrected chi connectivity index (χ0v) is 12.1. The largest absolute Gasteiger partial charge is 0.397 e. The van der Waals surface area contributed by atoms with Crippen LogP contribution in [0.3, 0.4) is 0 Å². The number of pyridine rings is 1. The van der Waals surface area contributed by atoms with Crippen LogP contribution in [0, 0.1) is 5.82 Å². The number of nitrogen functional groups attached to an aromatic ring is 1. The number of amides is 1. The highest BCUT2D eigenvalue weighted by Gasteiger charge is 2.18. The topological polar surface area (TPSA) is 59.2 Å². The van der Waals surface area contributed by atoms with Crippen molar-refractivity contribution in [1.29, 1.82) is 0 Å². The summed E-state index contributed by atoms with van der Waals surface area (Å²) in [4.78, 5) is 18.0. The van der Waals surface area contributed by atoms with Gasteiger partial charge in [0.15, 0.2) is 0 Å². The van der Waals surface area contributed by atoms with Crippen LogP contribution < -0.4 is 5.73 Å². The molecule has 2 aromatic rings. The number of anilines is 1. The summed E-state index contributed by atoms with van der Waals surface area (Å²) in [7, 11) is 1.73. The maximum Gasteiger partial charge on any atom is 0.228 e. The lowest BCUT2D eigenvalue weighted by Gasteiger charge is -2.25. The van der Waals surface area contributed by atoms with Crippen molar-refractivity contribution in [3.8, 4) is 0 Å². The number of likely N-dealkylation sites (N-methyl/N-ethyl adjacent to an activating group) is 1. The van der Waals surface area contributed by atoms with Crippen molar-refractivity contribution in [2.75, 3.05) is 12.8 Å². The second-order valence-electron chi connectivity index (χ2n) is 4.99. The van der Waals surface area contributed by atoms with Gasteiger partial charge in [0.25, 0.3) is 0 Å². The number of carbonyl (C=O) groups excluding carboxylic acids is 1. The minimum Gasteiger partial charge on any atom is -0.397 e. The number of hydrogen-bond donors (Lipinski definition) is 1. The van der Waals surface area contributed by atoms with E-state index in [2.05, 4.69) is 4.98 Å². The van der Waals surface area contributed by atoms with Crippen molar-refractivity contribution in [2.45, 2.75) is 19.4 Å². The van der Waals surface area contributed by atoms with Crippen molar-refractivity contribution >= 4 is 11.6 Å². The highest BCUT2D eigenvalue weighted by Crippen LogP contribution is 2.19. The van der Waals surface area contributed by atoms with Gasteiger partial charge < -0.3 is 10.6 Å². The Morgan fingerprint density at radius 1 is 1.29 bits per heavy atom. The predicted molar refractivity (Wildman–Crippen MR) is 79.9 cm³/mol. The molecule has 2 N–H and O–H groups in total. The van der Waals surface area contributed by atoms with Crippen LogP contribution in [0.4, 0.5) is 10.1 Å². The molecular formula is C16H18FN3O. The Kier molecular flexibility index (Phi) is 4.52. The van der Waals surface area contributed by atoms with E-state index >= 15 is 0 Å². The van der Waals surface area contributed by atoms with Crippen LogP contribution in [0.5, 0.6) is 0 Å². The van der Waals surface area contributed by atoms with Gasteiger partial charge in [-0.05, 0) is 36.8 Å². The molecule has 110 valence electrons. The van der Waals surface area contributed by atoms with Crippen molar-refractivity contribution in [3.63, 3.8) is 0 Å². The highest BCUT2D eigenvalue weighted by atomic mass is 19.1. The monoisotopic (exact) mass is 287 g/mol. The molecule has 1 amide bonds. The summed E-state index contributed by atoms with van der Waals surface area (Å²) in [5.41, 5.74) is 7.69. The molecule has 0 aliphatic rings. The molecule has 0 bridgehead atoms. The van der Waals surface area contributed by atoms with Gasteiger partial charge in [-0.25, -0.2) is 4.39 Å². The Morgan fingerprint density at radius 2 is 1.95 bits per heavy atom. The Balaban J connectivity index is 2.04. The van der Waals surface area contributed by atoms with Gasteiger partial charge in [-0.3, -0.25) is 9.78 Å². The molecule has 1 aromatic heterocycles. The standard InChI is InChI=1S/C16H18FN3O/c1-11(12-3-5-13(17)6-4-12)20(2)16(21)9-15-8-7-14(18)10-19-15/h3-8,10-11H,9,18H2,1-2H3. The van der Waals surface area contributed by atoms with Gasteiger partial charge in [-0.15, -0.1) is 0 Å². The van der Waals surface area contributed by atoms with E-state index in [-0.39, 0.29) is 24.2 Å². The summed E-state index contributed by atoms with van der Waals surface area (Å²) in [5, 5.41) is 0. The predicted octanol–water partition coefficient (Wildman–Crippen LogP) is 2.57. The molecule has 5 heteroatoms. The number of halogens is 1. The first-order valence-corrected chi connectivity index (χ1v) is 6.69. The lowest BCUT2D eigenvalue weighted by molar-refractivity contribution is -0.131. The quantitative estimate of drug-likeness (QED) is 0.940. The van der Waals surface area contributed by atoms with E-state index in [1.54, 1.807) is 36.2 Å². The van der Waals surface area contributed by atoms with E-state index in [4.69, 9.17) is 5.73 Å². The van der Waals surface area contributed by atoms with Crippen LogP contribution in [-0.2, 0) is 11.2 Å². The number of nitrogens with zero attached hydrogens (tertiary/aromatic N) is 2. The molecule has 0 fully saturated rings. The third kappa shape index (κ3) is 3.78. The summed E-state index contributed by atoms with van der Waals surface area (Å²) < 4.78 is 12.9. The normalized spacial score (nSPS) is 12.0. The minimum atomic E-state index is -0.286. The second-order valence-corrected chi connectivity index (χ2v) is 4.99. The van der Waals surface area contributed by atoms with E-state index < -0.39 is 0 Å². The van der Waals surface area contributed by atoms with Gasteiger partial charge >= 0.3 is 0 Å². The minimum absolute atomic E-state index is 0.0518. The number of benzene rings is 1. The molecule has 0 aliphatic carbocycles. The smallest absolute Gasteiger partial charge is 0.228 e. The van der Waals surface area contributed by atoms with Crippen LogP contribution in [0.25, 0.3) is 0 Å². The van der Waals surface area contributed by atoms with Crippen LogP contribution >= 0.6 is 0 Å². The Morgan fingerprint density at radius 3 is 2.52 bits per heavy atom. The maximum absolute atomic E-state index is 12.9. The molecule has 2 rings (SSSR count). The molecule has 0 radical (unpaired) electrons. The maximum atomic E-state index is 12.9. The second kappa shape index (κ2) is 6.35. The average Bonchev–Trinajstić information content (AvgIpc) is 2.49. The van der Waals surface area contributed by atoms with E-state index in [1.165, 1.54) is 18.3 Å². The van der Waals surface area contributed by atoms with Gasteiger partial charge in [0.05, 0.1) is 24.3 Å². The average molecular weight is 287 g/mol. The zero-order chi connectivity index (χ0) is 15.4. The van der Waals surface area contributed by atoms with Gasteiger partial charge in [-0.1, -0.05) is 12.1 Å². The zero-order valence-electron chi connectivity index (χ0n) is 12.1. The molecule has 0 spiro atoms. The molecule has 0 saturated carbocycles. The molecule has 1 unspecified atom stereocenters. The number of carbonyl (C=O) groups is 1. The summed E-state index contributed by atoms with van der Waals surface area (Å²) in [6.45, 7) is 1.90. The van der Waals surface area contributed by atoms with Crippen LogP contribution in [0.1, 0.15) is 24.2 Å². The molecule has 4 nitrogen and oxygen atoms in total. The number of hydrogen-bond acceptors (Lipinski definition) is 3. The van der Waals surface area contributed by atoms with E-state index in [1.807, 2.05) is 6.92 Å². The van der Waals surface area contributed by atoms with Gasteiger partial charge in [0, 0.05) is 12.7 Å². The first-order valence-electron chi connectivity index (χ1n) is 6.69. The molecule has 21 heavy (non-hydrogen) atoms. The van der Waals surface area contributed by atoms with E-state index in [0.29, 0.717) is 11.4 Å². The Hall–Kier alpha value is -2.43. The Labute approximate surface area is 123 Å². The third-order valence-electron chi connectivity index (χ3n) is 3.51.